The van der Waals surface area contributed by atoms with Gasteiger partial charge in [0.25, 0.3) is 0 Å². The number of amides is 1. The molecule has 1 amide bonds. The first kappa shape index (κ1) is 16.9. The summed E-state index contributed by atoms with van der Waals surface area (Å²) in [6.45, 7) is 0. The molecule has 4 rings (SSSR count). The summed E-state index contributed by atoms with van der Waals surface area (Å²) in [5, 5.41) is 13.2. The third-order valence-corrected chi connectivity index (χ3v) is 4.09. The molecule has 3 aromatic rings. The van der Waals surface area contributed by atoms with Crippen molar-refractivity contribution >= 4 is 40.4 Å². The molecule has 0 atom stereocenters. The number of imidazole rings is 1. The molecule has 1 aromatic carbocycles. The van der Waals surface area contributed by atoms with Gasteiger partial charge in [0.05, 0.1) is 24.7 Å². The van der Waals surface area contributed by atoms with E-state index in [1.807, 2.05) is 0 Å². The molecule has 0 unspecified atom stereocenters. The Hall–Kier alpha value is -3.56. The van der Waals surface area contributed by atoms with E-state index in [2.05, 4.69) is 30.8 Å². The Bertz CT molecular complexity index is 1020. The van der Waals surface area contributed by atoms with Crippen LogP contribution in [0.4, 0.5) is 37.9 Å². The SMILES string of the molecule is COC(=O)Nc1ccc(F)c(Nc2cc(NC3CC3)c3ncc(N)n3n2)c1. The van der Waals surface area contributed by atoms with Crippen molar-refractivity contribution in [2.24, 2.45) is 0 Å². The molecule has 1 aliphatic carbocycles. The fourth-order valence-corrected chi connectivity index (χ4v) is 2.61. The molecular formula is C17H18FN7O2. The number of nitrogens with two attached hydrogens (primary N) is 1. The molecule has 2 heterocycles. The highest BCUT2D eigenvalue weighted by Crippen LogP contribution is 2.30. The average molecular weight is 371 g/mol. The Morgan fingerprint density at radius 3 is 2.89 bits per heavy atom. The smallest absolute Gasteiger partial charge is 0.411 e. The lowest BCUT2D eigenvalue weighted by molar-refractivity contribution is 0.187. The summed E-state index contributed by atoms with van der Waals surface area (Å²) >= 11 is 0. The van der Waals surface area contributed by atoms with Crippen LogP contribution in [-0.4, -0.2) is 33.8 Å². The maximum absolute atomic E-state index is 14.2. The molecule has 10 heteroatoms. The topological polar surface area (TPSA) is 119 Å². The van der Waals surface area contributed by atoms with Crippen LogP contribution < -0.4 is 21.7 Å². The molecule has 0 radical (unpaired) electrons. The van der Waals surface area contributed by atoms with Gasteiger partial charge in [-0.25, -0.2) is 14.2 Å². The van der Waals surface area contributed by atoms with E-state index < -0.39 is 11.9 Å². The van der Waals surface area contributed by atoms with E-state index in [1.165, 1.54) is 36.0 Å². The van der Waals surface area contributed by atoms with Crippen LogP contribution in [0, 0.1) is 5.82 Å². The maximum Gasteiger partial charge on any atom is 0.411 e. The van der Waals surface area contributed by atoms with Gasteiger partial charge in [0.1, 0.15) is 11.6 Å². The van der Waals surface area contributed by atoms with Crippen molar-refractivity contribution in [2.45, 2.75) is 18.9 Å². The maximum atomic E-state index is 14.2. The summed E-state index contributed by atoms with van der Waals surface area (Å²) in [5.74, 6) is 0.251. The molecule has 1 aliphatic rings. The number of rotatable bonds is 5. The van der Waals surface area contributed by atoms with Gasteiger partial charge in [-0.2, -0.15) is 4.52 Å². The minimum absolute atomic E-state index is 0.145. The molecule has 0 saturated heterocycles. The summed E-state index contributed by atoms with van der Waals surface area (Å²) < 4.78 is 20.3. The van der Waals surface area contributed by atoms with E-state index in [9.17, 15) is 9.18 Å². The second kappa shape index (κ2) is 6.63. The number of fused-ring (bicyclic) bond motifs is 1. The number of carbonyl (C=O) groups is 1. The van der Waals surface area contributed by atoms with Crippen molar-refractivity contribution in [1.82, 2.24) is 14.6 Å². The monoisotopic (exact) mass is 371 g/mol. The first-order valence-corrected chi connectivity index (χ1v) is 8.36. The molecule has 27 heavy (non-hydrogen) atoms. The van der Waals surface area contributed by atoms with E-state index in [-0.39, 0.29) is 5.69 Å². The minimum Gasteiger partial charge on any atom is -0.453 e. The summed E-state index contributed by atoms with van der Waals surface area (Å²) in [4.78, 5) is 15.6. The highest BCUT2D eigenvalue weighted by molar-refractivity contribution is 5.85. The number of aromatic nitrogens is 3. The first-order valence-electron chi connectivity index (χ1n) is 8.36. The van der Waals surface area contributed by atoms with E-state index in [4.69, 9.17) is 5.73 Å². The second-order valence-corrected chi connectivity index (χ2v) is 6.22. The Labute approximate surface area is 153 Å². The van der Waals surface area contributed by atoms with Crippen molar-refractivity contribution in [3.8, 4) is 0 Å². The van der Waals surface area contributed by atoms with Gasteiger partial charge in [-0.1, -0.05) is 0 Å². The van der Waals surface area contributed by atoms with Gasteiger partial charge in [0.2, 0.25) is 0 Å². The van der Waals surface area contributed by atoms with Crippen molar-refractivity contribution in [3.05, 3.63) is 36.3 Å². The summed E-state index contributed by atoms with van der Waals surface area (Å²) in [5.41, 5.74) is 7.81. The van der Waals surface area contributed by atoms with Gasteiger partial charge in [-0.05, 0) is 31.0 Å². The molecule has 1 saturated carbocycles. The van der Waals surface area contributed by atoms with Crippen molar-refractivity contribution in [3.63, 3.8) is 0 Å². The van der Waals surface area contributed by atoms with E-state index in [1.54, 1.807) is 6.07 Å². The Morgan fingerprint density at radius 1 is 1.33 bits per heavy atom. The third-order valence-electron chi connectivity index (χ3n) is 4.09. The van der Waals surface area contributed by atoms with Crippen molar-refractivity contribution in [2.75, 3.05) is 28.8 Å². The van der Waals surface area contributed by atoms with Crippen LogP contribution in [0.5, 0.6) is 0 Å². The normalized spacial score (nSPS) is 13.4. The number of carbonyl (C=O) groups excluding carboxylic acids is 1. The lowest BCUT2D eigenvalue weighted by Crippen LogP contribution is -2.11. The number of methoxy groups -OCH3 is 1. The van der Waals surface area contributed by atoms with Crippen molar-refractivity contribution in [1.29, 1.82) is 0 Å². The molecule has 2 aromatic heterocycles. The molecule has 0 bridgehead atoms. The molecular weight excluding hydrogens is 353 g/mol. The van der Waals surface area contributed by atoms with Gasteiger partial charge in [-0.3, -0.25) is 5.32 Å². The lowest BCUT2D eigenvalue weighted by atomic mass is 10.2. The zero-order valence-corrected chi connectivity index (χ0v) is 14.5. The zero-order chi connectivity index (χ0) is 19.0. The standard InChI is InChI=1S/C17H18FN7O2/c1-27-17(26)22-10-4-5-11(18)12(6-10)23-15-7-13(21-9-2-3-9)16-20-8-14(19)25(16)24-15/h4-9,21H,2-3,19H2,1H3,(H,22,26)(H,23,24). The summed E-state index contributed by atoms with van der Waals surface area (Å²) in [7, 11) is 1.25. The van der Waals surface area contributed by atoms with E-state index in [0.717, 1.165) is 18.5 Å². The van der Waals surface area contributed by atoms with Crippen molar-refractivity contribution < 1.29 is 13.9 Å². The number of nitrogens with one attached hydrogen (secondary N) is 3. The molecule has 1 fully saturated rings. The Balaban J connectivity index is 1.67. The molecule has 140 valence electrons. The van der Waals surface area contributed by atoms with Crippen LogP contribution in [0.1, 0.15) is 12.8 Å². The van der Waals surface area contributed by atoms with Crippen LogP contribution in [0.15, 0.2) is 30.5 Å². The fourth-order valence-electron chi connectivity index (χ4n) is 2.61. The van der Waals surface area contributed by atoms with Crippen LogP contribution in [-0.2, 0) is 4.74 Å². The highest BCUT2D eigenvalue weighted by atomic mass is 19.1. The number of nitrogens with zero attached hydrogens (tertiary/aromatic N) is 3. The van der Waals surface area contributed by atoms with Gasteiger partial charge in [-0.15, -0.1) is 5.10 Å². The van der Waals surface area contributed by atoms with Crippen LogP contribution in [0.3, 0.4) is 0 Å². The van der Waals surface area contributed by atoms with E-state index in [0.29, 0.717) is 29.0 Å². The number of nitrogen functional groups attached to an aromatic ring is 1. The van der Waals surface area contributed by atoms with Gasteiger partial charge in [0, 0.05) is 17.8 Å². The second-order valence-electron chi connectivity index (χ2n) is 6.22. The minimum atomic E-state index is -0.644. The molecule has 9 nitrogen and oxygen atoms in total. The quantitative estimate of drug-likeness (QED) is 0.544. The first-order chi connectivity index (χ1) is 13.0. The Kier molecular flexibility index (Phi) is 4.15. The average Bonchev–Trinajstić information content (AvgIpc) is 3.39. The molecule has 0 aliphatic heterocycles. The molecule has 5 N–H and O–H groups in total. The van der Waals surface area contributed by atoms with Gasteiger partial charge in [0.15, 0.2) is 11.5 Å². The number of halogens is 1. The third kappa shape index (κ3) is 3.54. The summed E-state index contributed by atoms with van der Waals surface area (Å²) in [6.07, 6.45) is 3.05. The highest BCUT2D eigenvalue weighted by Gasteiger charge is 2.23. The van der Waals surface area contributed by atoms with Gasteiger partial charge >= 0.3 is 6.09 Å². The lowest BCUT2D eigenvalue weighted by Gasteiger charge is -2.13. The zero-order valence-electron chi connectivity index (χ0n) is 14.5. The largest absolute Gasteiger partial charge is 0.453 e. The summed E-state index contributed by atoms with van der Waals surface area (Å²) in [6, 6.07) is 6.26. The number of ether oxygens (including phenoxy) is 1. The number of benzene rings is 1. The fraction of sp³-hybridized carbons (Fsp3) is 0.235. The number of anilines is 5. The predicted octanol–water partition coefficient (Wildman–Crippen LogP) is 2.95. The number of hydrogen-bond donors (Lipinski definition) is 4. The van der Waals surface area contributed by atoms with Crippen LogP contribution in [0.2, 0.25) is 0 Å². The predicted molar refractivity (Wildman–Crippen MR) is 99.8 cm³/mol. The van der Waals surface area contributed by atoms with Crippen LogP contribution >= 0.6 is 0 Å². The number of hydrogen-bond acceptors (Lipinski definition) is 7. The van der Waals surface area contributed by atoms with E-state index >= 15 is 0 Å². The van der Waals surface area contributed by atoms with Gasteiger partial charge < -0.3 is 21.1 Å². The van der Waals surface area contributed by atoms with Crippen LogP contribution in [0.25, 0.3) is 5.65 Å². The Morgan fingerprint density at radius 2 is 2.15 bits per heavy atom. The molecule has 0 spiro atoms.